The quantitative estimate of drug-likeness (QED) is 0.422. The third-order valence-electron chi connectivity index (χ3n) is 4.33. The van der Waals surface area contributed by atoms with Gasteiger partial charge in [0.1, 0.15) is 0 Å². The fraction of sp³-hybridized carbons (Fsp3) is 0.750. The van der Waals surface area contributed by atoms with Crippen LogP contribution in [0.25, 0.3) is 0 Å². The van der Waals surface area contributed by atoms with Gasteiger partial charge in [0.05, 0.1) is 12.4 Å². The summed E-state index contributed by atoms with van der Waals surface area (Å²) in [6.45, 7) is 10.1. The number of aromatic nitrogens is 2. The molecular weight excluding hydrogens is 405 g/mol. The molecule has 1 aliphatic rings. The molecular formula is C16H30IN5O. The first-order valence-electron chi connectivity index (χ1n) is 8.27. The number of piperidine rings is 1. The van der Waals surface area contributed by atoms with E-state index >= 15 is 0 Å². The molecule has 1 saturated heterocycles. The second-order valence-electron chi connectivity index (χ2n) is 6.27. The Balaban J connectivity index is 0.00000264. The molecule has 0 saturated carbocycles. The Morgan fingerprint density at radius 3 is 2.91 bits per heavy atom. The molecule has 2 N–H and O–H groups in total. The maximum atomic E-state index is 9.18. The molecule has 2 rings (SSSR count). The number of halogens is 1. The van der Waals surface area contributed by atoms with Gasteiger partial charge in [-0.1, -0.05) is 13.8 Å². The molecule has 0 bridgehead atoms. The molecule has 0 spiro atoms. The Labute approximate surface area is 156 Å². The summed E-state index contributed by atoms with van der Waals surface area (Å²) >= 11 is 0. The lowest BCUT2D eigenvalue weighted by Crippen LogP contribution is -2.49. The molecule has 2 heterocycles. The molecule has 1 fully saturated rings. The summed E-state index contributed by atoms with van der Waals surface area (Å²) in [5.41, 5.74) is 0. The van der Waals surface area contributed by atoms with Crippen molar-refractivity contribution in [3.8, 4) is 0 Å². The largest absolute Gasteiger partial charge is 0.396 e. The number of likely N-dealkylation sites (tertiary alicyclic amines) is 1. The Morgan fingerprint density at radius 1 is 1.52 bits per heavy atom. The fourth-order valence-electron chi connectivity index (χ4n) is 2.82. The second-order valence-corrected chi connectivity index (χ2v) is 6.27. The average Bonchev–Trinajstić information content (AvgIpc) is 3.06. The van der Waals surface area contributed by atoms with Crippen LogP contribution in [0, 0.1) is 11.8 Å². The minimum Gasteiger partial charge on any atom is -0.396 e. The van der Waals surface area contributed by atoms with Crippen molar-refractivity contribution in [2.75, 3.05) is 32.8 Å². The van der Waals surface area contributed by atoms with Crippen molar-refractivity contribution in [2.24, 2.45) is 16.8 Å². The van der Waals surface area contributed by atoms with Gasteiger partial charge in [0.15, 0.2) is 5.96 Å². The van der Waals surface area contributed by atoms with E-state index in [0.717, 1.165) is 32.0 Å². The van der Waals surface area contributed by atoms with Crippen molar-refractivity contribution in [3.05, 3.63) is 18.7 Å². The number of nitrogens with one attached hydrogen (secondary N) is 1. The molecule has 3 unspecified atom stereocenters. The topological polar surface area (TPSA) is 65.7 Å². The summed E-state index contributed by atoms with van der Waals surface area (Å²) in [6.07, 6.45) is 6.93. The normalized spacial score (nSPS) is 23.3. The zero-order chi connectivity index (χ0) is 15.9. The fourth-order valence-corrected chi connectivity index (χ4v) is 2.82. The first-order chi connectivity index (χ1) is 10.7. The van der Waals surface area contributed by atoms with E-state index in [4.69, 9.17) is 4.99 Å². The molecule has 132 valence electrons. The van der Waals surface area contributed by atoms with E-state index < -0.39 is 0 Å². The van der Waals surface area contributed by atoms with Crippen LogP contribution in [0.2, 0.25) is 0 Å². The van der Waals surface area contributed by atoms with E-state index in [2.05, 4.69) is 33.6 Å². The van der Waals surface area contributed by atoms with Gasteiger partial charge in [-0.05, 0) is 25.2 Å². The van der Waals surface area contributed by atoms with E-state index in [0.29, 0.717) is 18.5 Å². The van der Waals surface area contributed by atoms with Crippen molar-refractivity contribution in [3.63, 3.8) is 0 Å². The number of rotatable bonds is 5. The standard InChI is InChI=1S/C16H29N5O.HI/c1-4-18-16(19-9-13(2)11-22)20-7-5-14(3)15(10-20)21-8-6-17-12-21;/h6,8,12-15,22H,4-5,7,9-11H2,1-3H3,(H,18,19);1H. The van der Waals surface area contributed by atoms with Crippen LogP contribution < -0.4 is 5.32 Å². The van der Waals surface area contributed by atoms with Crippen LogP contribution in [0.4, 0.5) is 0 Å². The SMILES string of the molecule is CCNC(=NCC(C)CO)N1CCC(C)C(n2ccnc2)C1.I. The number of aliphatic hydroxyl groups excluding tert-OH is 1. The van der Waals surface area contributed by atoms with E-state index in [1.807, 2.05) is 25.6 Å². The molecule has 0 radical (unpaired) electrons. The van der Waals surface area contributed by atoms with Crippen molar-refractivity contribution >= 4 is 29.9 Å². The van der Waals surface area contributed by atoms with E-state index in [1.54, 1.807) is 0 Å². The Hall–Kier alpha value is -0.830. The van der Waals surface area contributed by atoms with Gasteiger partial charge in [0.25, 0.3) is 0 Å². The predicted octanol–water partition coefficient (Wildman–Crippen LogP) is 1.98. The van der Waals surface area contributed by atoms with Gasteiger partial charge in [-0.2, -0.15) is 0 Å². The number of guanidine groups is 1. The van der Waals surface area contributed by atoms with Crippen molar-refractivity contribution < 1.29 is 5.11 Å². The lowest BCUT2D eigenvalue weighted by molar-refractivity contribution is 0.188. The van der Waals surface area contributed by atoms with Crippen LogP contribution in [0.3, 0.4) is 0 Å². The van der Waals surface area contributed by atoms with Crippen molar-refractivity contribution in [1.29, 1.82) is 0 Å². The molecule has 0 aliphatic carbocycles. The summed E-state index contributed by atoms with van der Waals surface area (Å²) in [4.78, 5) is 11.2. The minimum atomic E-state index is 0. The van der Waals surface area contributed by atoms with E-state index in [9.17, 15) is 5.11 Å². The maximum Gasteiger partial charge on any atom is 0.193 e. The highest BCUT2D eigenvalue weighted by Gasteiger charge is 2.28. The second kappa shape index (κ2) is 10.1. The number of aliphatic imine (C=N–C) groups is 1. The Morgan fingerprint density at radius 2 is 2.30 bits per heavy atom. The zero-order valence-corrected chi connectivity index (χ0v) is 16.7. The summed E-state index contributed by atoms with van der Waals surface area (Å²) < 4.78 is 2.21. The van der Waals surface area contributed by atoms with E-state index in [-0.39, 0.29) is 36.5 Å². The molecule has 1 aromatic heterocycles. The molecule has 7 heteroatoms. The van der Waals surface area contributed by atoms with Crippen LogP contribution in [-0.2, 0) is 0 Å². The van der Waals surface area contributed by atoms with Crippen LogP contribution in [0.15, 0.2) is 23.7 Å². The lowest BCUT2D eigenvalue weighted by Gasteiger charge is -2.39. The molecule has 1 aliphatic heterocycles. The summed E-state index contributed by atoms with van der Waals surface area (Å²) in [5.74, 6) is 1.78. The number of aliphatic hydroxyl groups is 1. The van der Waals surface area contributed by atoms with Crippen LogP contribution in [0.1, 0.15) is 33.2 Å². The smallest absolute Gasteiger partial charge is 0.193 e. The third kappa shape index (κ3) is 5.63. The van der Waals surface area contributed by atoms with Gasteiger partial charge in [-0.15, -0.1) is 24.0 Å². The molecule has 0 aromatic carbocycles. The lowest BCUT2D eigenvalue weighted by atomic mass is 9.93. The number of hydrogen-bond acceptors (Lipinski definition) is 3. The predicted molar refractivity (Wildman–Crippen MR) is 104 cm³/mol. The Bertz CT molecular complexity index is 465. The molecule has 1 aromatic rings. The van der Waals surface area contributed by atoms with Gasteiger partial charge < -0.3 is 19.9 Å². The number of imidazole rings is 1. The molecule has 3 atom stereocenters. The van der Waals surface area contributed by atoms with Gasteiger partial charge in [-0.3, -0.25) is 4.99 Å². The van der Waals surface area contributed by atoms with Crippen LogP contribution in [-0.4, -0.2) is 58.3 Å². The Kier molecular flexibility index (Phi) is 8.90. The van der Waals surface area contributed by atoms with Crippen molar-refractivity contribution in [1.82, 2.24) is 19.8 Å². The van der Waals surface area contributed by atoms with Gasteiger partial charge in [0, 0.05) is 45.2 Å². The van der Waals surface area contributed by atoms with Gasteiger partial charge >= 0.3 is 0 Å². The average molecular weight is 435 g/mol. The van der Waals surface area contributed by atoms with Gasteiger partial charge in [-0.25, -0.2) is 4.98 Å². The highest BCUT2D eigenvalue weighted by molar-refractivity contribution is 14.0. The van der Waals surface area contributed by atoms with Crippen LogP contribution in [0.5, 0.6) is 0 Å². The van der Waals surface area contributed by atoms with Gasteiger partial charge in [0.2, 0.25) is 0 Å². The summed E-state index contributed by atoms with van der Waals surface area (Å²) in [6, 6.07) is 0.426. The molecule has 23 heavy (non-hydrogen) atoms. The highest BCUT2D eigenvalue weighted by atomic mass is 127. The summed E-state index contributed by atoms with van der Waals surface area (Å²) in [7, 11) is 0. The minimum absolute atomic E-state index is 0. The maximum absolute atomic E-state index is 9.18. The first-order valence-corrected chi connectivity index (χ1v) is 8.27. The number of nitrogens with zero attached hydrogens (tertiary/aromatic N) is 4. The highest BCUT2D eigenvalue weighted by Crippen LogP contribution is 2.27. The monoisotopic (exact) mass is 435 g/mol. The van der Waals surface area contributed by atoms with Crippen LogP contribution >= 0.6 is 24.0 Å². The third-order valence-corrected chi connectivity index (χ3v) is 4.33. The first kappa shape index (κ1) is 20.2. The van der Waals surface area contributed by atoms with Crippen molar-refractivity contribution in [2.45, 2.75) is 33.2 Å². The summed E-state index contributed by atoms with van der Waals surface area (Å²) in [5, 5.41) is 12.6. The molecule has 0 amide bonds. The molecule has 6 nitrogen and oxygen atoms in total. The van der Waals surface area contributed by atoms with E-state index in [1.165, 1.54) is 0 Å². The number of hydrogen-bond donors (Lipinski definition) is 2. The zero-order valence-electron chi connectivity index (χ0n) is 14.4.